The van der Waals surface area contributed by atoms with E-state index < -0.39 is 0 Å². The van der Waals surface area contributed by atoms with Crippen molar-refractivity contribution in [1.82, 2.24) is 15.1 Å². The van der Waals surface area contributed by atoms with Gasteiger partial charge >= 0.3 is 0 Å². The Morgan fingerprint density at radius 3 is 2.48 bits per heavy atom. The second-order valence-corrected chi connectivity index (χ2v) is 6.70. The first kappa shape index (κ1) is 18.0. The maximum absolute atomic E-state index is 12.9. The first-order valence-electron chi connectivity index (χ1n) is 8.87. The molecule has 23 heavy (non-hydrogen) atoms. The Labute approximate surface area is 140 Å². The van der Waals surface area contributed by atoms with Crippen molar-refractivity contribution < 1.29 is 4.79 Å². The highest BCUT2D eigenvalue weighted by atomic mass is 16.2. The van der Waals surface area contributed by atoms with E-state index in [-0.39, 0.29) is 11.9 Å². The molecule has 0 saturated carbocycles. The zero-order chi connectivity index (χ0) is 16.8. The lowest BCUT2D eigenvalue weighted by Crippen LogP contribution is -2.45. The Morgan fingerprint density at radius 2 is 1.91 bits per heavy atom. The summed E-state index contributed by atoms with van der Waals surface area (Å²) in [4.78, 5) is 17.2. The number of likely N-dealkylation sites (N-methyl/N-ethyl adjacent to an activating group) is 1. The summed E-state index contributed by atoms with van der Waals surface area (Å²) in [5, 5.41) is 3.60. The second kappa shape index (κ2) is 8.46. The van der Waals surface area contributed by atoms with Crippen LogP contribution in [0.2, 0.25) is 0 Å². The lowest BCUT2D eigenvalue weighted by molar-refractivity contribution is -0.135. The fourth-order valence-corrected chi connectivity index (χ4v) is 3.49. The molecule has 0 radical (unpaired) electrons. The normalized spacial score (nSPS) is 21.8. The van der Waals surface area contributed by atoms with Crippen LogP contribution in [0.15, 0.2) is 30.3 Å². The van der Waals surface area contributed by atoms with Crippen molar-refractivity contribution in [2.75, 3.05) is 19.6 Å². The van der Waals surface area contributed by atoms with Gasteiger partial charge in [0.25, 0.3) is 0 Å². The third kappa shape index (κ3) is 4.79. The summed E-state index contributed by atoms with van der Waals surface area (Å²) in [6.45, 7) is 11.8. The summed E-state index contributed by atoms with van der Waals surface area (Å²) in [6.07, 6.45) is 0.903. The predicted octanol–water partition coefficient (Wildman–Crippen LogP) is 2.50. The Kier molecular flexibility index (Phi) is 6.60. The molecule has 1 N–H and O–H groups in total. The van der Waals surface area contributed by atoms with E-state index in [1.165, 1.54) is 5.56 Å². The zero-order valence-electron chi connectivity index (χ0n) is 15.0. The van der Waals surface area contributed by atoms with E-state index in [0.717, 1.165) is 32.6 Å². The number of rotatable bonds is 7. The van der Waals surface area contributed by atoms with Crippen LogP contribution in [0.3, 0.4) is 0 Å². The average molecular weight is 317 g/mol. The van der Waals surface area contributed by atoms with Crippen LogP contribution in [0, 0.1) is 0 Å². The fourth-order valence-electron chi connectivity index (χ4n) is 3.49. The van der Waals surface area contributed by atoms with Crippen molar-refractivity contribution in [3.05, 3.63) is 35.9 Å². The molecule has 1 heterocycles. The van der Waals surface area contributed by atoms with Crippen molar-refractivity contribution in [2.24, 2.45) is 0 Å². The van der Waals surface area contributed by atoms with Crippen LogP contribution in [0.4, 0.5) is 0 Å². The first-order chi connectivity index (χ1) is 11.0. The molecule has 1 aliphatic heterocycles. The van der Waals surface area contributed by atoms with Gasteiger partial charge in [-0.25, -0.2) is 0 Å². The molecule has 4 heteroatoms. The third-order valence-electron chi connectivity index (χ3n) is 4.56. The molecule has 4 nitrogen and oxygen atoms in total. The smallest absolute Gasteiger partial charge is 0.239 e. The number of hydrogen-bond acceptors (Lipinski definition) is 3. The quantitative estimate of drug-likeness (QED) is 0.839. The number of benzene rings is 1. The van der Waals surface area contributed by atoms with Crippen molar-refractivity contribution in [3.8, 4) is 0 Å². The monoisotopic (exact) mass is 317 g/mol. The minimum Gasteiger partial charge on any atom is -0.342 e. The summed E-state index contributed by atoms with van der Waals surface area (Å²) in [6, 6.07) is 11.3. The molecule has 1 aromatic rings. The Morgan fingerprint density at radius 1 is 1.26 bits per heavy atom. The number of likely N-dealkylation sites (tertiary alicyclic amines) is 1. The Bertz CT molecular complexity index is 485. The van der Waals surface area contributed by atoms with Gasteiger partial charge in [0.15, 0.2) is 0 Å². The summed E-state index contributed by atoms with van der Waals surface area (Å²) < 4.78 is 0. The van der Waals surface area contributed by atoms with E-state index in [0.29, 0.717) is 12.1 Å². The number of nitrogens with one attached hydrogen (secondary N) is 1. The number of hydrogen-bond donors (Lipinski definition) is 1. The molecule has 1 fully saturated rings. The van der Waals surface area contributed by atoms with E-state index in [1.54, 1.807) is 0 Å². The van der Waals surface area contributed by atoms with Gasteiger partial charge in [-0.05, 0) is 25.8 Å². The van der Waals surface area contributed by atoms with E-state index >= 15 is 0 Å². The van der Waals surface area contributed by atoms with Crippen LogP contribution < -0.4 is 5.32 Å². The van der Waals surface area contributed by atoms with Crippen molar-refractivity contribution in [3.63, 3.8) is 0 Å². The number of carbonyl (C=O) groups excluding carboxylic acids is 1. The molecule has 2 rings (SSSR count). The summed E-state index contributed by atoms with van der Waals surface area (Å²) in [5.41, 5.74) is 1.27. The maximum Gasteiger partial charge on any atom is 0.239 e. The molecular formula is C19H31N3O. The highest BCUT2D eigenvalue weighted by Gasteiger charge is 2.38. The van der Waals surface area contributed by atoms with Crippen molar-refractivity contribution in [2.45, 2.75) is 58.8 Å². The van der Waals surface area contributed by atoms with E-state index in [9.17, 15) is 4.79 Å². The van der Waals surface area contributed by atoms with Gasteiger partial charge < -0.3 is 10.2 Å². The fraction of sp³-hybridized carbons (Fsp3) is 0.632. The summed E-state index contributed by atoms with van der Waals surface area (Å²) in [5.74, 6) is 0.277. The topological polar surface area (TPSA) is 35.6 Å². The van der Waals surface area contributed by atoms with Gasteiger partial charge in [-0.2, -0.15) is 0 Å². The van der Waals surface area contributed by atoms with Crippen molar-refractivity contribution >= 4 is 5.91 Å². The van der Waals surface area contributed by atoms with Gasteiger partial charge in [0, 0.05) is 38.3 Å². The van der Waals surface area contributed by atoms with Crippen LogP contribution in [-0.4, -0.2) is 53.5 Å². The van der Waals surface area contributed by atoms with Gasteiger partial charge in [-0.3, -0.25) is 9.69 Å². The molecule has 1 amide bonds. The van der Waals surface area contributed by atoms with Crippen LogP contribution in [0.25, 0.3) is 0 Å². The Hall–Kier alpha value is -1.39. The highest BCUT2D eigenvalue weighted by Crippen LogP contribution is 2.23. The molecule has 0 bridgehead atoms. The first-order valence-corrected chi connectivity index (χ1v) is 8.87. The van der Waals surface area contributed by atoms with E-state index in [1.807, 2.05) is 11.0 Å². The predicted molar refractivity (Wildman–Crippen MR) is 95.2 cm³/mol. The average Bonchev–Trinajstić information content (AvgIpc) is 2.91. The highest BCUT2D eigenvalue weighted by molar-refractivity contribution is 5.82. The molecule has 1 aromatic carbocycles. The molecule has 2 atom stereocenters. The lowest BCUT2D eigenvalue weighted by Gasteiger charge is -2.28. The molecule has 1 saturated heterocycles. The molecular weight excluding hydrogens is 286 g/mol. The summed E-state index contributed by atoms with van der Waals surface area (Å²) in [7, 11) is 0. The maximum atomic E-state index is 12.9. The molecule has 1 aliphatic rings. The second-order valence-electron chi connectivity index (χ2n) is 6.70. The SMILES string of the molecule is CCN(CC)C(=O)[C@@H]1C[C@@H](NC(C)C)CN1Cc1ccccc1. The molecule has 0 unspecified atom stereocenters. The van der Waals surface area contributed by atoms with Gasteiger partial charge in [0.2, 0.25) is 5.91 Å². The summed E-state index contributed by atoms with van der Waals surface area (Å²) >= 11 is 0. The Balaban J connectivity index is 2.12. The van der Waals surface area contributed by atoms with Crippen LogP contribution in [0.1, 0.15) is 39.7 Å². The van der Waals surface area contributed by atoms with Gasteiger partial charge in [0.1, 0.15) is 0 Å². The third-order valence-corrected chi connectivity index (χ3v) is 4.56. The van der Waals surface area contributed by atoms with Gasteiger partial charge in [0.05, 0.1) is 6.04 Å². The van der Waals surface area contributed by atoms with Crippen LogP contribution in [-0.2, 0) is 11.3 Å². The lowest BCUT2D eigenvalue weighted by atomic mass is 10.1. The molecule has 0 spiro atoms. The van der Waals surface area contributed by atoms with E-state index in [2.05, 4.69) is 62.2 Å². The number of carbonyl (C=O) groups is 1. The minimum atomic E-state index is -0.00800. The van der Waals surface area contributed by atoms with Crippen molar-refractivity contribution in [1.29, 1.82) is 0 Å². The molecule has 128 valence electrons. The van der Waals surface area contributed by atoms with Gasteiger partial charge in [-0.1, -0.05) is 44.2 Å². The zero-order valence-corrected chi connectivity index (χ0v) is 15.0. The number of nitrogens with zero attached hydrogens (tertiary/aromatic N) is 2. The van der Waals surface area contributed by atoms with E-state index in [4.69, 9.17) is 0 Å². The van der Waals surface area contributed by atoms with Crippen LogP contribution >= 0.6 is 0 Å². The number of amides is 1. The van der Waals surface area contributed by atoms with Gasteiger partial charge in [-0.15, -0.1) is 0 Å². The molecule has 0 aliphatic carbocycles. The molecule has 0 aromatic heterocycles. The largest absolute Gasteiger partial charge is 0.342 e. The standard InChI is InChI=1S/C19H31N3O/c1-5-21(6-2)19(23)18-12-17(20-15(3)4)14-22(18)13-16-10-8-7-9-11-16/h7-11,15,17-18,20H,5-6,12-14H2,1-4H3/t17-,18+/m1/s1. The minimum absolute atomic E-state index is 0.00800. The van der Waals surface area contributed by atoms with Crippen LogP contribution in [0.5, 0.6) is 0 Å².